The molecule has 2 aliphatic heterocycles. The molecular weight excluding hydrogens is 288 g/mol. The molecule has 1 aromatic rings. The summed E-state index contributed by atoms with van der Waals surface area (Å²) >= 11 is 2.52. The first-order valence-electron chi connectivity index (χ1n) is 5.55. The molecule has 3 rings (SSSR count). The maximum absolute atomic E-state index is 12.3. The summed E-state index contributed by atoms with van der Waals surface area (Å²) in [7, 11) is 0. The molecule has 0 bridgehead atoms. The number of nitrogens with one attached hydrogen (secondary N) is 1. The summed E-state index contributed by atoms with van der Waals surface area (Å²) in [6, 6.07) is 3.89. The zero-order chi connectivity index (χ0) is 13.6. The number of thioether (sulfide) groups is 2. The Morgan fingerprint density at radius 3 is 2.95 bits per heavy atom. The lowest BCUT2D eigenvalue weighted by Crippen LogP contribution is -2.99. The Morgan fingerprint density at radius 2 is 2.21 bits per heavy atom. The van der Waals surface area contributed by atoms with Gasteiger partial charge in [-0.3, -0.25) is 9.59 Å². The van der Waals surface area contributed by atoms with Crippen LogP contribution in [0.1, 0.15) is 10.4 Å². The molecule has 1 aromatic carbocycles. The Labute approximate surface area is 117 Å². The molecule has 2 aliphatic rings. The van der Waals surface area contributed by atoms with Gasteiger partial charge in [0.2, 0.25) is 5.12 Å². The quantitative estimate of drug-likeness (QED) is 0.722. The smallest absolute Gasteiger partial charge is 0.256 e. The minimum absolute atomic E-state index is 0.0864. The number of hydrogen-bond acceptors (Lipinski definition) is 6. The molecule has 2 heterocycles. The second-order valence-corrected chi connectivity index (χ2v) is 6.27. The zero-order valence-electron chi connectivity index (χ0n) is 9.66. The normalized spacial score (nSPS) is 23.9. The average Bonchev–Trinajstić information content (AvgIpc) is 2.83. The molecule has 8 heteroatoms. The third-order valence-electron chi connectivity index (χ3n) is 3.08. The van der Waals surface area contributed by atoms with Crippen LogP contribution in [-0.2, 0) is 4.79 Å². The summed E-state index contributed by atoms with van der Waals surface area (Å²) in [4.78, 5) is 26.4. The Bertz CT molecular complexity index is 564. The number of amides is 1. The highest BCUT2D eigenvalue weighted by Gasteiger charge is 2.39. The first-order valence-corrected chi connectivity index (χ1v) is 7.53. The van der Waals surface area contributed by atoms with Crippen LogP contribution in [0.5, 0.6) is 0 Å². The van der Waals surface area contributed by atoms with Crippen LogP contribution in [0.4, 0.5) is 5.69 Å². The summed E-state index contributed by atoms with van der Waals surface area (Å²) in [6.07, 6.45) is 0. The van der Waals surface area contributed by atoms with Crippen LogP contribution >= 0.6 is 23.5 Å². The fourth-order valence-corrected chi connectivity index (χ4v) is 4.36. The lowest BCUT2D eigenvalue weighted by atomic mass is 10.1. The van der Waals surface area contributed by atoms with Crippen LogP contribution in [0.25, 0.3) is 0 Å². The minimum atomic E-state index is -1.07. The molecule has 19 heavy (non-hydrogen) atoms. The van der Waals surface area contributed by atoms with E-state index in [1.54, 1.807) is 16.7 Å². The highest BCUT2D eigenvalue weighted by molar-refractivity contribution is 8.14. The summed E-state index contributed by atoms with van der Waals surface area (Å²) in [6.45, 7) is 0. The van der Waals surface area contributed by atoms with Gasteiger partial charge in [-0.2, -0.15) is 5.23 Å². The van der Waals surface area contributed by atoms with Crippen LogP contribution < -0.4 is 5.23 Å². The second kappa shape index (κ2) is 4.80. The molecule has 1 amide bonds. The molecule has 0 aliphatic carbocycles. The summed E-state index contributed by atoms with van der Waals surface area (Å²) in [5, 5.41) is 18.7. The first-order chi connectivity index (χ1) is 9.08. The summed E-state index contributed by atoms with van der Waals surface area (Å²) in [5.41, 5.74) is 0.497. The van der Waals surface area contributed by atoms with E-state index in [2.05, 4.69) is 0 Å². The van der Waals surface area contributed by atoms with Gasteiger partial charge >= 0.3 is 0 Å². The largest absolute Gasteiger partial charge is 0.595 e. The summed E-state index contributed by atoms with van der Waals surface area (Å²) < 4.78 is 0. The number of benzene rings is 1. The number of quaternary nitrogens is 1. The van der Waals surface area contributed by atoms with Crippen LogP contribution in [0, 0.1) is 5.21 Å². The fraction of sp³-hybridized carbons (Fsp3) is 0.273. The molecule has 0 radical (unpaired) electrons. The van der Waals surface area contributed by atoms with E-state index in [-0.39, 0.29) is 16.7 Å². The predicted octanol–water partition coefficient (Wildman–Crippen LogP) is 0.237. The van der Waals surface area contributed by atoms with Gasteiger partial charge in [0.15, 0.2) is 5.69 Å². The van der Waals surface area contributed by atoms with E-state index in [9.17, 15) is 14.8 Å². The van der Waals surface area contributed by atoms with E-state index < -0.39 is 11.3 Å². The van der Waals surface area contributed by atoms with Gasteiger partial charge in [-0.1, -0.05) is 0 Å². The van der Waals surface area contributed by atoms with Gasteiger partial charge in [0, 0.05) is 22.8 Å². The summed E-state index contributed by atoms with van der Waals surface area (Å²) in [5.74, 6) is 0.924. The SMILES string of the molecule is O=C1Sc2cc([NH+]([O-])O)ccc2C(=O)N2CSCC12. The van der Waals surface area contributed by atoms with Crippen LogP contribution in [0.2, 0.25) is 0 Å². The highest BCUT2D eigenvalue weighted by atomic mass is 32.2. The van der Waals surface area contributed by atoms with E-state index in [0.29, 0.717) is 22.1 Å². The first kappa shape index (κ1) is 12.9. The molecule has 0 aromatic heterocycles. The van der Waals surface area contributed by atoms with E-state index in [4.69, 9.17) is 5.21 Å². The van der Waals surface area contributed by atoms with Crippen molar-refractivity contribution in [3.8, 4) is 0 Å². The molecule has 0 spiro atoms. The molecule has 1 saturated heterocycles. The van der Waals surface area contributed by atoms with Crippen molar-refractivity contribution in [3.05, 3.63) is 29.0 Å². The number of carbonyl (C=O) groups excluding carboxylic acids is 2. The van der Waals surface area contributed by atoms with Crippen LogP contribution in [0.15, 0.2) is 23.1 Å². The van der Waals surface area contributed by atoms with Crippen molar-refractivity contribution in [1.82, 2.24) is 4.90 Å². The van der Waals surface area contributed by atoms with Crippen molar-refractivity contribution in [2.24, 2.45) is 0 Å². The predicted molar refractivity (Wildman–Crippen MR) is 70.4 cm³/mol. The van der Waals surface area contributed by atoms with Gasteiger partial charge in [-0.05, 0) is 17.8 Å². The maximum Gasteiger partial charge on any atom is 0.256 e. The lowest BCUT2D eigenvalue weighted by molar-refractivity contribution is -0.991. The van der Waals surface area contributed by atoms with E-state index in [1.807, 2.05) is 0 Å². The Hall–Kier alpha value is -1.06. The Balaban J connectivity index is 2.07. The van der Waals surface area contributed by atoms with Gasteiger partial charge in [0.25, 0.3) is 5.91 Å². The minimum Gasteiger partial charge on any atom is -0.595 e. The molecule has 2 N–H and O–H groups in total. The standard InChI is InChI=1S/C11H10N2O4S2/c14-10-7-2-1-6(13(16)17)3-9(7)19-11(15)8-4-18-5-12(8)10/h1-3,8,13,16H,4-5H2. The van der Waals surface area contributed by atoms with Crippen molar-refractivity contribution < 1.29 is 20.0 Å². The number of carbonyl (C=O) groups is 2. The molecular formula is C11H10N2O4S2. The molecule has 1 fully saturated rings. The van der Waals surface area contributed by atoms with Crippen molar-refractivity contribution in [3.63, 3.8) is 0 Å². The monoisotopic (exact) mass is 298 g/mol. The molecule has 6 nitrogen and oxygen atoms in total. The highest BCUT2D eigenvalue weighted by Crippen LogP contribution is 2.36. The second-order valence-electron chi connectivity index (χ2n) is 4.23. The van der Waals surface area contributed by atoms with Gasteiger partial charge in [0.05, 0.1) is 11.4 Å². The van der Waals surface area contributed by atoms with Gasteiger partial charge in [-0.25, -0.2) is 5.21 Å². The lowest BCUT2D eigenvalue weighted by Gasteiger charge is -2.19. The third-order valence-corrected chi connectivity index (χ3v) is 5.13. The van der Waals surface area contributed by atoms with Crippen molar-refractivity contribution in [2.75, 3.05) is 11.6 Å². The number of nitrogens with zero attached hydrogens (tertiary/aromatic N) is 1. The number of hydrogen-bond donors (Lipinski definition) is 2. The molecule has 100 valence electrons. The molecule has 0 saturated carbocycles. The Morgan fingerprint density at radius 1 is 1.42 bits per heavy atom. The average molecular weight is 298 g/mol. The van der Waals surface area contributed by atoms with Crippen molar-refractivity contribution >= 4 is 40.2 Å². The van der Waals surface area contributed by atoms with E-state index >= 15 is 0 Å². The van der Waals surface area contributed by atoms with Crippen molar-refractivity contribution in [1.29, 1.82) is 0 Å². The van der Waals surface area contributed by atoms with Crippen LogP contribution in [0.3, 0.4) is 0 Å². The maximum atomic E-state index is 12.3. The topological polar surface area (TPSA) is 85.1 Å². The van der Waals surface area contributed by atoms with Crippen molar-refractivity contribution in [2.45, 2.75) is 10.9 Å². The fourth-order valence-electron chi connectivity index (χ4n) is 2.09. The third kappa shape index (κ3) is 2.15. The zero-order valence-corrected chi connectivity index (χ0v) is 11.3. The van der Waals surface area contributed by atoms with Gasteiger partial charge in [0.1, 0.15) is 6.04 Å². The molecule has 2 atom stereocenters. The molecule has 2 unspecified atom stereocenters. The van der Waals surface area contributed by atoms with Gasteiger partial charge in [-0.15, -0.1) is 11.8 Å². The van der Waals surface area contributed by atoms with E-state index in [1.165, 1.54) is 18.2 Å². The Kier molecular flexibility index (Phi) is 3.27. The van der Waals surface area contributed by atoms with Gasteiger partial charge < -0.3 is 10.1 Å². The van der Waals surface area contributed by atoms with Crippen LogP contribution in [-0.4, -0.2) is 38.8 Å². The number of fused-ring (bicyclic) bond motifs is 2. The number of rotatable bonds is 1. The van der Waals surface area contributed by atoms with E-state index in [0.717, 1.165) is 11.8 Å².